The summed E-state index contributed by atoms with van der Waals surface area (Å²) in [7, 11) is 0. The molecular formula is C20H20F3N5O2S. The van der Waals surface area contributed by atoms with Crippen LogP contribution in [-0.4, -0.2) is 47.4 Å². The summed E-state index contributed by atoms with van der Waals surface area (Å²) in [6.45, 7) is -0.340. The predicted octanol–water partition coefficient (Wildman–Crippen LogP) is 3.40. The minimum atomic E-state index is -1.35. The molecule has 164 valence electrons. The van der Waals surface area contributed by atoms with Crippen molar-refractivity contribution < 1.29 is 22.7 Å². The quantitative estimate of drug-likeness (QED) is 0.485. The number of aromatic nitrogens is 2. The summed E-state index contributed by atoms with van der Waals surface area (Å²) in [6, 6.07) is 3.56. The van der Waals surface area contributed by atoms with Gasteiger partial charge in [-0.05, 0) is 31.0 Å². The van der Waals surface area contributed by atoms with Crippen molar-refractivity contribution in [2.75, 3.05) is 18.7 Å². The van der Waals surface area contributed by atoms with Crippen LogP contribution in [0, 0.1) is 12.7 Å². The fourth-order valence-corrected chi connectivity index (χ4v) is 4.16. The number of aryl methyl sites for hydroxylation is 1. The number of ether oxygens (including phenoxy) is 1. The van der Waals surface area contributed by atoms with E-state index in [9.17, 15) is 18.0 Å². The fraction of sp³-hybridized carbons (Fsp3) is 0.350. The van der Waals surface area contributed by atoms with E-state index in [4.69, 9.17) is 10.5 Å². The molecule has 2 unspecified atom stereocenters. The van der Waals surface area contributed by atoms with Gasteiger partial charge in [0.15, 0.2) is 6.10 Å². The van der Waals surface area contributed by atoms with Crippen LogP contribution in [0.15, 0.2) is 24.5 Å². The average Bonchev–Trinajstić information content (AvgIpc) is 3.33. The van der Waals surface area contributed by atoms with E-state index in [1.807, 2.05) is 0 Å². The van der Waals surface area contributed by atoms with E-state index in [0.717, 1.165) is 12.5 Å². The summed E-state index contributed by atoms with van der Waals surface area (Å²) in [4.78, 5) is 22.2. The van der Waals surface area contributed by atoms with Crippen LogP contribution in [0.2, 0.25) is 0 Å². The molecule has 1 fully saturated rings. The molecular weight excluding hydrogens is 431 g/mol. The Kier molecular flexibility index (Phi) is 5.96. The first-order valence-corrected chi connectivity index (χ1v) is 10.4. The van der Waals surface area contributed by atoms with Crippen molar-refractivity contribution in [1.29, 1.82) is 0 Å². The second-order valence-corrected chi connectivity index (χ2v) is 8.25. The molecule has 2 aromatic heterocycles. The maximum atomic E-state index is 13.7. The Morgan fingerprint density at radius 2 is 2.10 bits per heavy atom. The van der Waals surface area contributed by atoms with Gasteiger partial charge in [0.1, 0.15) is 41.9 Å². The monoisotopic (exact) mass is 451 g/mol. The van der Waals surface area contributed by atoms with Crippen molar-refractivity contribution in [1.82, 2.24) is 15.3 Å². The maximum Gasteiger partial charge on any atom is 0.261 e. The first-order chi connectivity index (χ1) is 14.9. The molecule has 3 aromatic rings. The molecule has 1 aliphatic rings. The van der Waals surface area contributed by atoms with E-state index < -0.39 is 25.3 Å². The molecule has 7 nitrogen and oxygen atoms in total. The fourth-order valence-electron chi connectivity index (χ4n) is 3.11. The molecule has 2 atom stereocenters. The van der Waals surface area contributed by atoms with E-state index in [1.165, 1.54) is 29.8 Å². The number of benzene rings is 1. The molecule has 31 heavy (non-hydrogen) atoms. The SMILES string of the molecule is Cc1c(C(=O)NC2CC2N)sc2ncnc(Nc3ccc(F)cc3OC(CF)CF)c12. The van der Waals surface area contributed by atoms with Gasteiger partial charge in [-0.1, -0.05) is 0 Å². The number of alkyl halides is 2. The number of amides is 1. The van der Waals surface area contributed by atoms with E-state index in [2.05, 4.69) is 20.6 Å². The minimum absolute atomic E-state index is 0.0231. The molecule has 0 bridgehead atoms. The highest BCUT2D eigenvalue weighted by Gasteiger charge is 2.35. The molecule has 1 saturated carbocycles. The third-order valence-corrected chi connectivity index (χ3v) is 6.12. The zero-order valence-corrected chi connectivity index (χ0v) is 17.3. The highest BCUT2D eigenvalue weighted by molar-refractivity contribution is 7.20. The summed E-state index contributed by atoms with van der Waals surface area (Å²) < 4.78 is 44.8. The second kappa shape index (κ2) is 8.67. The van der Waals surface area contributed by atoms with E-state index in [0.29, 0.717) is 26.5 Å². The van der Waals surface area contributed by atoms with Crippen LogP contribution in [0.4, 0.5) is 24.7 Å². The highest BCUT2D eigenvalue weighted by Crippen LogP contribution is 2.37. The number of hydrogen-bond donors (Lipinski definition) is 3. The van der Waals surface area contributed by atoms with Gasteiger partial charge in [-0.2, -0.15) is 0 Å². The normalized spacial score (nSPS) is 17.7. The zero-order valence-electron chi connectivity index (χ0n) is 16.5. The Hall–Kier alpha value is -2.92. The summed E-state index contributed by atoms with van der Waals surface area (Å²) in [5.41, 5.74) is 6.71. The molecule has 0 aliphatic heterocycles. The number of anilines is 2. The lowest BCUT2D eigenvalue weighted by molar-refractivity contribution is 0.0954. The molecule has 0 radical (unpaired) electrons. The smallest absolute Gasteiger partial charge is 0.261 e. The number of carbonyl (C=O) groups excluding carboxylic acids is 1. The first kappa shape index (κ1) is 21.3. The van der Waals surface area contributed by atoms with Crippen molar-refractivity contribution in [2.24, 2.45) is 5.73 Å². The van der Waals surface area contributed by atoms with Crippen LogP contribution >= 0.6 is 11.3 Å². The number of carbonyl (C=O) groups is 1. The number of fused-ring (bicyclic) bond motifs is 1. The number of nitrogens with one attached hydrogen (secondary N) is 2. The van der Waals surface area contributed by atoms with Gasteiger partial charge in [0.25, 0.3) is 5.91 Å². The molecule has 1 amide bonds. The van der Waals surface area contributed by atoms with Crippen molar-refractivity contribution in [3.8, 4) is 5.75 Å². The van der Waals surface area contributed by atoms with Crippen molar-refractivity contribution in [2.45, 2.75) is 31.5 Å². The van der Waals surface area contributed by atoms with Crippen LogP contribution in [0.3, 0.4) is 0 Å². The van der Waals surface area contributed by atoms with Gasteiger partial charge in [0, 0.05) is 18.2 Å². The Balaban J connectivity index is 1.67. The lowest BCUT2D eigenvalue weighted by Gasteiger charge is -2.17. The molecule has 4 rings (SSSR count). The average molecular weight is 451 g/mol. The van der Waals surface area contributed by atoms with Crippen LogP contribution in [0.25, 0.3) is 10.2 Å². The molecule has 1 aliphatic carbocycles. The lowest BCUT2D eigenvalue weighted by atomic mass is 10.2. The lowest BCUT2D eigenvalue weighted by Crippen LogP contribution is -2.29. The third-order valence-electron chi connectivity index (χ3n) is 4.92. The second-order valence-electron chi connectivity index (χ2n) is 7.25. The van der Waals surface area contributed by atoms with Gasteiger partial charge < -0.3 is 21.1 Å². The topological polar surface area (TPSA) is 102 Å². The van der Waals surface area contributed by atoms with Crippen molar-refractivity contribution in [3.05, 3.63) is 40.8 Å². The number of rotatable bonds is 8. The van der Waals surface area contributed by atoms with Gasteiger partial charge in [-0.3, -0.25) is 4.79 Å². The van der Waals surface area contributed by atoms with Crippen molar-refractivity contribution in [3.63, 3.8) is 0 Å². The minimum Gasteiger partial charge on any atom is -0.483 e. The number of halogens is 3. The highest BCUT2D eigenvalue weighted by atomic mass is 32.1. The van der Waals surface area contributed by atoms with Crippen LogP contribution < -0.4 is 21.1 Å². The summed E-state index contributed by atoms with van der Waals surface area (Å²) in [6.07, 6.45) is 0.725. The Bertz CT molecular complexity index is 1120. The number of thiophene rings is 1. The molecule has 4 N–H and O–H groups in total. The van der Waals surface area contributed by atoms with Crippen molar-refractivity contribution >= 4 is 39.0 Å². The van der Waals surface area contributed by atoms with Crippen LogP contribution in [0.5, 0.6) is 5.75 Å². The molecule has 2 heterocycles. The first-order valence-electron chi connectivity index (χ1n) is 9.57. The predicted molar refractivity (Wildman–Crippen MR) is 112 cm³/mol. The van der Waals surface area contributed by atoms with E-state index in [-0.39, 0.29) is 29.4 Å². The molecule has 11 heteroatoms. The molecule has 0 saturated heterocycles. The van der Waals surface area contributed by atoms with Gasteiger partial charge in [0.2, 0.25) is 0 Å². The van der Waals surface area contributed by atoms with E-state index >= 15 is 0 Å². The Morgan fingerprint density at radius 3 is 2.77 bits per heavy atom. The maximum absolute atomic E-state index is 13.7. The zero-order chi connectivity index (χ0) is 22.1. The van der Waals surface area contributed by atoms with Gasteiger partial charge in [0.05, 0.1) is 16.0 Å². The number of hydrogen-bond acceptors (Lipinski definition) is 7. The summed E-state index contributed by atoms with van der Waals surface area (Å²) in [5.74, 6) is -0.548. The summed E-state index contributed by atoms with van der Waals surface area (Å²) >= 11 is 1.22. The number of nitrogens with two attached hydrogens (primary N) is 1. The van der Waals surface area contributed by atoms with E-state index in [1.54, 1.807) is 6.92 Å². The number of nitrogens with zero attached hydrogens (tertiary/aromatic N) is 2. The molecule has 1 aromatic carbocycles. The van der Waals surface area contributed by atoms with Crippen LogP contribution in [-0.2, 0) is 0 Å². The van der Waals surface area contributed by atoms with Gasteiger partial charge >= 0.3 is 0 Å². The Labute approximate surface area is 179 Å². The molecule has 0 spiro atoms. The summed E-state index contributed by atoms with van der Waals surface area (Å²) in [5, 5.41) is 6.51. The van der Waals surface area contributed by atoms with Gasteiger partial charge in [-0.25, -0.2) is 23.1 Å². The Morgan fingerprint density at radius 1 is 1.35 bits per heavy atom. The van der Waals surface area contributed by atoms with Gasteiger partial charge in [-0.15, -0.1) is 11.3 Å². The van der Waals surface area contributed by atoms with Crippen LogP contribution in [0.1, 0.15) is 21.7 Å². The largest absolute Gasteiger partial charge is 0.483 e. The third kappa shape index (κ3) is 4.42. The standard InChI is InChI=1S/C20H20F3N5O2S/c1-9-16-18(27-13-3-2-10(23)4-15(13)30-11(6-21)7-22)25-8-26-20(16)31-17(9)19(29)28-14-5-12(14)24/h2-4,8,11-12,14H,5-7,24H2,1H3,(H,28,29)(H,25,26,27).